The number of rotatable bonds is 4. The van der Waals surface area contributed by atoms with Crippen molar-refractivity contribution in [3.8, 4) is 5.69 Å². The molecule has 0 spiro atoms. The van der Waals surface area contributed by atoms with Crippen LogP contribution >= 0.6 is 0 Å². The molecule has 19 heavy (non-hydrogen) atoms. The molecule has 1 N–H and O–H groups in total. The molecule has 1 aromatic carbocycles. The van der Waals surface area contributed by atoms with Crippen molar-refractivity contribution in [3.05, 3.63) is 48.0 Å². The van der Waals surface area contributed by atoms with E-state index in [1.807, 2.05) is 12.5 Å². The largest absolute Gasteiger partial charge is 0.380 e. The van der Waals surface area contributed by atoms with Crippen LogP contribution in [0.4, 0.5) is 0 Å². The molecule has 0 amide bonds. The lowest BCUT2D eigenvalue weighted by Gasteiger charge is -2.13. The van der Waals surface area contributed by atoms with Crippen molar-refractivity contribution in [2.75, 3.05) is 20.2 Å². The van der Waals surface area contributed by atoms with E-state index in [1.54, 1.807) is 7.11 Å². The molecule has 1 aliphatic heterocycles. The molecule has 0 bridgehead atoms. The third-order valence-electron chi connectivity index (χ3n) is 3.65. The second kappa shape index (κ2) is 5.55. The fraction of sp³-hybridized carbons (Fsp3) is 0.400. The van der Waals surface area contributed by atoms with Gasteiger partial charge in [0.15, 0.2) is 0 Å². The predicted octanol–water partition coefficient (Wildman–Crippen LogP) is 2.10. The molecule has 0 aliphatic carbocycles. The van der Waals surface area contributed by atoms with Gasteiger partial charge >= 0.3 is 0 Å². The SMILES string of the molecule is COCc1cccc(-n2cncc2C2CCNC2)c1. The monoisotopic (exact) mass is 257 g/mol. The van der Waals surface area contributed by atoms with Crippen molar-refractivity contribution >= 4 is 0 Å². The molecule has 4 nitrogen and oxygen atoms in total. The van der Waals surface area contributed by atoms with Gasteiger partial charge in [-0.1, -0.05) is 12.1 Å². The van der Waals surface area contributed by atoms with Crippen molar-refractivity contribution in [1.29, 1.82) is 0 Å². The van der Waals surface area contributed by atoms with Crippen LogP contribution in [0.3, 0.4) is 0 Å². The molecular weight excluding hydrogens is 238 g/mol. The Kier molecular flexibility index (Phi) is 3.62. The van der Waals surface area contributed by atoms with E-state index in [4.69, 9.17) is 4.74 Å². The van der Waals surface area contributed by atoms with Crippen LogP contribution in [-0.2, 0) is 11.3 Å². The lowest BCUT2D eigenvalue weighted by molar-refractivity contribution is 0.185. The molecule has 1 unspecified atom stereocenters. The van der Waals surface area contributed by atoms with Crippen molar-refractivity contribution < 1.29 is 4.74 Å². The van der Waals surface area contributed by atoms with Crippen molar-refractivity contribution in [3.63, 3.8) is 0 Å². The highest BCUT2D eigenvalue weighted by Gasteiger charge is 2.20. The Bertz CT molecular complexity index is 544. The molecule has 1 saturated heterocycles. The minimum absolute atomic E-state index is 0.564. The molecule has 100 valence electrons. The fourth-order valence-corrected chi connectivity index (χ4v) is 2.69. The van der Waals surface area contributed by atoms with Gasteiger partial charge in [0.05, 0.1) is 12.9 Å². The number of benzene rings is 1. The summed E-state index contributed by atoms with van der Waals surface area (Å²) in [6.07, 6.45) is 5.07. The highest BCUT2D eigenvalue weighted by molar-refractivity contribution is 5.38. The third-order valence-corrected chi connectivity index (χ3v) is 3.65. The highest BCUT2D eigenvalue weighted by Crippen LogP contribution is 2.25. The number of hydrogen-bond acceptors (Lipinski definition) is 3. The Labute approximate surface area is 113 Å². The molecule has 0 radical (unpaired) electrons. The minimum atomic E-state index is 0.564. The van der Waals surface area contributed by atoms with Crippen molar-refractivity contribution in [2.24, 2.45) is 0 Å². The van der Waals surface area contributed by atoms with E-state index in [9.17, 15) is 0 Å². The molecule has 1 atom stereocenters. The molecular formula is C15H19N3O. The molecule has 2 aromatic rings. The Hall–Kier alpha value is -1.65. The lowest BCUT2D eigenvalue weighted by Crippen LogP contribution is -2.10. The van der Waals surface area contributed by atoms with E-state index in [2.05, 4.69) is 39.1 Å². The van der Waals surface area contributed by atoms with Gasteiger partial charge < -0.3 is 14.6 Å². The van der Waals surface area contributed by atoms with Crippen LogP contribution in [0.15, 0.2) is 36.8 Å². The topological polar surface area (TPSA) is 39.1 Å². The maximum absolute atomic E-state index is 5.20. The zero-order valence-electron chi connectivity index (χ0n) is 11.2. The Balaban J connectivity index is 1.93. The first-order valence-corrected chi connectivity index (χ1v) is 6.69. The van der Waals surface area contributed by atoms with E-state index in [0.717, 1.165) is 18.8 Å². The fourth-order valence-electron chi connectivity index (χ4n) is 2.69. The summed E-state index contributed by atoms with van der Waals surface area (Å²) in [4.78, 5) is 4.32. The van der Waals surface area contributed by atoms with E-state index in [1.165, 1.54) is 17.7 Å². The molecule has 0 saturated carbocycles. The zero-order chi connectivity index (χ0) is 13.1. The number of nitrogens with one attached hydrogen (secondary N) is 1. The lowest BCUT2D eigenvalue weighted by atomic mass is 10.1. The highest BCUT2D eigenvalue weighted by atomic mass is 16.5. The number of aromatic nitrogens is 2. The Morgan fingerprint density at radius 1 is 1.47 bits per heavy atom. The van der Waals surface area contributed by atoms with Gasteiger partial charge in [0.1, 0.15) is 0 Å². The van der Waals surface area contributed by atoms with Crippen LogP contribution < -0.4 is 5.32 Å². The summed E-state index contributed by atoms with van der Waals surface area (Å²) in [6.45, 7) is 2.78. The molecule has 4 heteroatoms. The Morgan fingerprint density at radius 3 is 3.21 bits per heavy atom. The van der Waals surface area contributed by atoms with Gasteiger partial charge in [0.25, 0.3) is 0 Å². The second-order valence-corrected chi connectivity index (χ2v) is 4.98. The van der Waals surface area contributed by atoms with Crippen LogP contribution in [0, 0.1) is 0 Å². The predicted molar refractivity (Wildman–Crippen MR) is 74.5 cm³/mol. The van der Waals surface area contributed by atoms with Gasteiger partial charge in [-0.2, -0.15) is 0 Å². The van der Waals surface area contributed by atoms with Gasteiger partial charge in [-0.05, 0) is 30.7 Å². The maximum atomic E-state index is 5.20. The second-order valence-electron chi connectivity index (χ2n) is 4.98. The van der Waals surface area contributed by atoms with Gasteiger partial charge in [-0.15, -0.1) is 0 Å². The quantitative estimate of drug-likeness (QED) is 0.911. The van der Waals surface area contributed by atoms with E-state index < -0.39 is 0 Å². The number of nitrogens with zero attached hydrogens (tertiary/aromatic N) is 2. The van der Waals surface area contributed by atoms with Crippen molar-refractivity contribution in [1.82, 2.24) is 14.9 Å². The molecule has 1 aliphatic rings. The first-order chi connectivity index (χ1) is 9.38. The zero-order valence-corrected chi connectivity index (χ0v) is 11.2. The average Bonchev–Trinajstić information content (AvgIpc) is 3.10. The molecule has 2 heterocycles. The van der Waals surface area contributed by atoms with E-state index in [0.29, 0.717) is 12.5 Å². The summed E-state index contributed by atoms with van der Waals surface area (Å²) >= 11 is 0. The van der Waals surface area contributed by atoms with Crippen LogP contribution in [0.1, 0.15) is 23.6 Å². The maximum Gasteiger partial charge on any atom is 0.0994 e. The number of hydrogen-bond donors (Lipinski definition) is 1. The van der Waals surface area contributed by atoms with Crippen LogP contribution in [0.5, 0.6) is 0 Å². The van der Waals surface area contributed by atoms with Gasteiger partial charge in [-0.3, -0.25) is 0 Å². The number of imidazole rings is 1. The van der Waals surface area contributed by atoms with Gasteiger partial charge in [0, 0.05) is 37.2 Å². The molecule has 3 rings (SSSR count). The summed E-state index contributed by atoms with van der Waals surface area (Å²) in [6, 6.07) is 8.44. The van der Waals surface area contributed by atoms with Crippen molar-refractivity contribution in [2.45, 2.75) is 18.9 Å². The summed E-state index contributed by atoms with van der Waals surface area (Å²) in [7, 11) is 1.72. The normalized spacial score (nSPS) is 18.9. The van der Waals surface area contributed by atoms with Crippen LogP contribution in [-0.4, -0.2) is 29.8 Å². The standard InChI is InChI=1S/C15H19N3O/c1-19-10-12-3-2-4-14(7-12)18-11-17-9-15(18)13-5-6-16-8-13/h2-4,7,9,11,13,16H,5-6,8,10H2,1H3. The average molecular weight is 257 g/mol. The van der Waals surface area contributed by atoms with E-state index in [-0.39, 0.29) is 0 Å². The van der Waals surface area contributed by atoms with Gasteiger partial charge in [-0.25, -0.2) is 4.98 Å². The number of ether oxygens (including phenoxy) is 1. The summed E-state index contributed by atoms with van der Waals surface area (Å²) < 4.78 is 7.39. The van der Waals surface area contributed by atoms with Gasteiger partial charge in [0.2, 0.25) is 0 Å². The first-order valence-electron chi connectivity index (χ1n) is 6.69. The third kappa shape index (κ3) is 2.55. The minimum Gasteiger partial charge on any atom is -0.380 e. The number of methoxy groups -OCH3 is 1. The first kappa shape index (κ1) is 12.4. The van der Waals surface area contributed by atoms with Crippen LogP contribution in [0.2, 0.25) is 0 Å². The summed E-state index contributed by atoms with van der Waals surface area (Å²) in [5, 5.41) is 3.41. The van der Waals surface area contributed by atoms with E-state index >= 15 is 0 Å². The summed E-state index contributed by atoms with van der Waals surface area (Å²) in [5.74, 6) is 0.564. The van der Waals surface area contributed by atoms with Crippen LogP contribution in [0.25, 0.3) is 5.69 Å². The Morgan fingerprint density at radius 2 is 2.42 bits per heavy atom. The smallest absolute Gasteiger partial charge is 0.0994 e. The summed E-state index contributed by atoms with van der Waals surface area (Å²) in [5.41, 5.74) is 3.64. The molecule has 1 fully saturated rings. The molecule has 1 aromatic heterocycles.